The summed E-state index contributed by atoms with van der Waals surface area (Å²) >= 11 is 3.57. The van der Waals surface area contributed by atoms with Crippen molar-refractivity contribution >= 4 is 21.7 Å². The van der Waals surface area contributed by atoms with E-state index in [1.54, 1.807) is 14.2 Å². The van der Waals surface area contributed by atoms with E-state index in [9.17, 15) is 4.79 Å². The summed E-state index contributed by atoms with van der Waals surface area (Å²) in [5.41, 5.74) is 2.40. The van der Waals surface area contributed by atoms with E-state index in [0.29, 0.717) is 29.2 Å². The highest BCUT2D eigenvalue weighted by Gasteiger charge is 2.14. The average Bonchev–Trinajstić information content (AvgIpc) is 2.69. The number of halogens is 2. The first kappa shape index (κ1) is 20.9. The number of ketones is 1. The van der Waals surface area contributed by atoms with Crippen LogP contribution in [0.5, 0.6) is 11.5 Å². The van der Waals surface area contributed by atoms with Crippen molar-refractivity contribution in [1.29, 1.82) is 0 Å². The molecule has 0 saturated heterocycles. The van der Waals surface area contributed by atoms with Crippen molar-refractivity contribution in [3.8, 4) is 11.5 Å². The van der Waals surface area contributed by atoms with Crippen LogP contribution in [0, 0.1) is 0 Å². The fourth-order valence-corrected chi connectivity index (χ4v) is 3.13. The molecule has 3 rings (SSSR count). The molecule has 1 heterocycles. The molecule has 0 atom stereocenters. The van der Waals surface area contributed by atoms with E-state index < -0.39 is 0 Å². The van der Waals surface area contributed by atoms with Crippen molar-refractivity contribution in [3.05, 3.63) is 88.2 Å². The van der Waals surface area contributed by atoms with Gasteiger partial charge in [-0.1, -0.05) is 46.3 Å². The van der Waals surface area contributed by atoms with E-state index in [1.807, 2.05) is 71.6 Å². The molecule has 0 N–H and O–H groups in total. The maximum Gasteiger partial charge on any atom is 0.193 e. The number of rotatable bonds is 6. The summed E-state index contributed by atoms with van der Waals surface area (Å²) in [5, 5.41) is 0. The lowest BCUT2D eigenvalue weighted by atomic mass is 10.0. The first-order valence-corrected chi connectivity index (χ1v) is 8.91. The predicted molar refractivity (Wildman–Crippen MR) is 103 cm³/mol. The summed E-state index contributed by atoms with van der Waals surface area (Å²) in [6.07, 6.45) is 3.80. The second kappa shape index (κ2) is 9.53. The normalized spacial score (nSPS) is 10.0. The van der Waals surface area contributed by atoms with Gasteiger partial charge in [-0.3, -0.25) is 4.79 Å². The minimum atomic E-state index is 0. The Morgan fingerprint density at radius 1 is 0.926 bits per heavy atom. The maximum absolute atomic E-state index is 12.5. The summed E-state index contributed by atoms with van der Waals surface area (Å²) in [6, 6.07) is 16.8. The number of methoxy groups -OCH3 is 2. The number of carbonyl (C=O) groups excluding carboxylic acids is 1. The van der Waals surface area contributed by atoms with Crippen molar-refractivity contribution in [3.63, 3.8) is 0 Å². The molecule has 3 aromatic rings. The number of hydrogen-bond acceptors (Lipinski definition) is 3. The van der Waals surface area contributed by atoms with Crippen molar-refractivity contribution in [2.45, 2.75) is 6.54 Å². The smallest absolute Gasteiger partial charge is 0.193 e. The Bertz CT molecular complexity index is 915. The van der Waals surface area contributed by atoms with Crippen LogP contribution in [0.2, 0.25) is 0 Å². The molecule has 0 aliphatic heterocycles. The Morgan fingerprint density at radius 3 is 2.07 bits per heavy atom. The molecule has 0 bridgehead atoms. The van der Waals surface area contributed by atoms with Gasteiger partial charge in [0, 0.05) is 33.3 Å². The molecule has 6 heteroatoms. The number of benzene rings is 2. The SMILES string of the molecule is COc1cc(Br)c(C[n+]2ccc(C(=O)c3ccccc3)cc2)cc1OC.[Cl-]. The minimum Gasteiger partial charge on any atom is -1.00 e. The molecule has 4 nitrogen and oxygen atoms in total. The Hall–Kier alpha value is -2.37. The number of nitrogens with zero attached hydrogens (tertiary/aromatic N) is 1. The highest BCUT2D eigenvalue weighted by Crippen LogP contribution is 2.33. The van der Waals surface area contributed by atoms with Gasteiger partial charge in [-0.2, -0.15) is 0 Å². The molecular weight excluding hydrogens is 430 g/mol. The Labute approximate surface area is 173 Å². The van der Waals surface area contributed by atoms with Gasteiger partial charge >= 0.3 is 0 Å². The molecule has 0 unspecified atom stereocenters. The second-order valence-corrected chi connectivity index (χ2v) is 6.61. The van der Waals surface area contributed by atoms with Crippen LogP contribution >= 0.6 is 15.9 Å². The van der Waals surface area contributed by atoms with Crippen molar-refractivity contribution in [1.82, 2.24) is 0 Å². The lowest BCUT2D eigenvalue weighted by Gasteiger charge is -2.10. The highest BCUT2D eigenvalue weighted by molar-refractivity contribution is 9.10. The van der Waals surface area contributed by atoms with E-state index in [0.717, 1.165) is 10.0 Å². The fourth-order valence-electron chi connectivity index (χ4n) is 2.68. The summed E-state index contributed by atoms with van der Waals surface area (Å²) in [5.74, 6) is 1.38. The fraction of sp³-hybridized carbons (Fsp3) is 0.143. The third-order valence-corrected chi connectivity index (χ3v) is 4.83. The zero-order chi connectivity index (χ0) is 18.5. The quantitative estimate of drug-likeness (QED) is 0.418. The highest BCUT2D eigenvalue weighted by atomic mass is 79.9. The lowest BCUT2D eigenvalue weighted by Crippen LogP contribution is -3.00. The van der Waals surface area contributed by atoms with Gasteiger partial charge in [-0.25, -0.2) is 4.57 Å². The van der Waals surface area contributed by atoms with Gasteiger partial charge in [-0.15, -0.1) is 0 Å². The van der Waals surface area contributed by atoms with Gasteiger partial charge in [0.05, 0.1) is 14.2 Å². The molecule has 27 heavy (non-hydrogen) atoms. The van der Waals surface area contributed by atoms with Gasteiger partial charge in [-0.05, 0) is 12.1 Å². The monoisotopic (exact) mass is 447 g/mol. The van der Waals surface area contributed by atoms with E-state index >= 15 is 0 Å². The predicted octanol–water partition coefficient (Wildman–Crippen LogP) is 1.04. The van der Waals surface area contributed by atoms with Crippen molar-refractivity contribution in [2.24, 2.45) is 0 Å². The first-order chi connectivity index (χ1) is 12.6. The topological polar surface area (TPSA) is 39.4 Å². The van der Waals surface area contributed by atoms with Gasteiger partial charge < -0.3 is 21.9 Å². The first-order valence-electron chi connectivity index (χ1n) is 8.11. The Kier molecular flexibility index (Phi) is 7.39. The second-order valence-electron chi connectivity index (χ2n) is 5.75. The molecule has 0 saturated carbocycles. The van der Waals surface area contributed by atoms with Gasteiger partial charge in [0.25, 0.3) is 0 Å². The number of aromatic nitrogens is 1. The molecule has 2 aromatic carbocycles. The average molecular weight is 449 g/mol. The zero-order valence-electron chi connectivity index (χ0n) is 15.0. The molecule has 0 fully saturated rings. The number of pyridine rings is 1. The standard InChI is InChI=1S/C21H19BrNO3.ClH/c1-25-19-12-17(18(22)13-20(19)26-2)14-23-10-8-16(9-11-23)21(24)15-6-4-3-5-7-15;/h3-13H,14H2,1-2H3;1H/q+1;/p-1. The number of hydrogen-bond donors (Lipinski definition) is 0. The van der Waals surface area contributed by atoms with Gasteiger partial charge in [0.1, 0.15) is 0 Å². The van der Waals surface area contributed by atoms with Crippen LogP contribution in [0.25, 0.3) is 0 Å². The van der Waals surface area contributed by atoms with Crippen LogP contribution in [0.15, 0.2) is 71.5 Å². The number of ether oxygens (including phenoxy) is 2. The van der Waals surface area contributed by atoms with E-state index in [-0.39, 0.29) is 18.2 Å². The van der Waals surface area contributed by atoms with Crippen LogP contribution in [-0.4, -0.2) is 20.0 Å². The lowest BCUT2D eigenvalue weighted by molar-refractivity contribution is -0.688. The van der Waals surface area contributed by atoms with Crippen LogP contribution in [0.1, 0.15) is 21.5 Å². The van der Waals surface area contributed by atoms with Crippen LogP contribution in [-0.2, 0) is 6.54 Å². The van der Waals surface area contributed by atoms with Gasteiger partial charge in [0.15, 0.2) is 36.2 Å². The van der Waals surface area contributed by atoms with E-state index in [1.165, 1.54) is 0 Å². The third kappa shape index (κ3) is 4.87. The summed E-state index contributed by atoms with van der Waals surface area (Å²) < 4.78 is 13.6. The molecule has 0 amide bonds. The Morgan fingerprint density at radius 2 is 1.48 bits per heavy atom. The molecule has 0 spiro atoms. The molecule has 1 aromatic heterocycles. The van der Waals surface area contributed by atoms with Crippen LogP contribution in [0.4, 0.5) is 0 Å². The van der Waals surface area contributed by atoms with Crippen LogP contribution in [0.3, 0.4) is 0 Å². The summed E-state index contributed by atoms with van der Waals surface area (Å²) in [4.78, 5) is 12.5. The largest absolute Gasteiger partial charge is 1.00 e. The zero-order valence-corrected chi connectivity index (χ0v) is 17.3. The molecule has 0 aliphatic carbocycles. The summed E-state index contributed by atoms with van der Waals surface area (Å²) in [7, 11) is 3.23. The Balaban J connectivity index is 0.00000261. The maximum atomic E-state index is 12.5. The third-order valence-electron chi connectivity index (χ3n) is 4.09. The molecule has 140 valence electrons. The van der Waals surface area contributed by atoms with E-state index in [4.69, 9.17) is 9.47 Å². The molecule has 0 radical (unpaired) electrons. The minimum absolute atomic E-state index is 0. The van der Waals surface area contributed by atoms with Gasteiger partial charge in [0.2, 0.25) is 0 Å². The van der Waals surface area contributed by atoms with Crippen molar-refractivity contribution in [2.75, 3.05) is 14.2 Å². The summed E-state index contributed by atoms with van der Waals surface area (Å²) in [6.45, 7) is 0.640. The van der Waals surface area contributed by atoms with E-state index in [2.05, 4.69) is 15.9 Å². The van der Waals surface area contributed by atoms with Crippen molar-refractivity contribution < 1.29 is 31.2 Å². The number of carbonyl (C=O) groups is 1. The van der Waals surface area contributed by atoms with Crippen LogP contribution < -0.4 is 26.4 Å². The molecular formula is C21H19BrClNO3. The molecule has 0 aliphatic rings.